The van der Waals surface area contributed by atoms with E-state index in [0.29, 0.717) is 28.6 Å². The molecule has 0 unspecified atom stereocenters. The Kier molecular flexibility index (Phi) is 6.27. The van der Waals surface area contributed by atoms with E-state index in [1.807, 2.05) is 60.7 Å². The van der Waals surface area contributed by atoms with Crippen LogP contribution in [0.25, 0.3) is 0 Å². The Morgan fingerprint density at radius 2 is 1.48 bits per heavy atom. The lowest BCUT2D eigenvalue weighted by atomic mass is 9.88. The van der Waals surface area contributed by atoms with Gasteiger partial charge in [0, 0.05) is 16.7 Å². The fourth-order valence-electron chi connectivity index (χ4n) is 3.92. The molecule has 0 aliphatic carbocycles. The molecule has 168 valence electrons. The fourth-order valence-corrected chi connectivity index (χ4v) is 3.92. The van der Waals surface area contributed by atoms with Crippen LogP contribution in [0.15, 0.2) is 82.9 Å². The van der Waals surface area contributed by atoms with Crippen LogP contribution in [0, 0.1) is 0 Å². The van der Waals surface area contributed by atoms with Gasteiger partial charge < -0.3 is 9.47 Å². The average Bonchev–Trinajstić information content (AvgIpc) is 2.83. The zero-order valence-corrected chi connectivity index (χ0v) is 19.3. The normalized spacial score (nSPS) is 14.7. The number of benzene rings is 3. The predicted molar refractivity (Wildman–Crippen MR) is 131 cm³/mol. The number of carbonyl (C=O) groups is 1. The summed E-state index contributed by atoms with van der Waals surface area (Å²) in [6.07, 6.45) is 0.742. The highest BCUT2D eigenvalue weighted by molar-refractivity contribution is 6.51. The first kappa shape index (κ1) is 22.3. The first-order valence-electron chi connectivity index (χ1n) is 10.8. The molecule has 1 heterocycles. The molecule has 0 saturated heterocycles. The molecule has 33 heavy (non-hydrogen) atoms. The Labute approximate surface area is 194 Å². The van der Waals surface area contributed by atoms with Crippen molar-refractivity contribution < 1.29 is 14.3 Å². The van der Waals surface area contributed by atoms with E-state index < -0.39 is 0 Å². The third kappa shape index (κ3) is 4.80. The topological polar surface area (TPSA) is 72.3 Å². The van der Waals surface area contributed by atoms with Crippen molar-refractivity contribution in [1.82, 2.24) is 5.43 Å². The van der Waals surface area contributed by atoms with Gasteiger partial charge >= 0.3 is 0 Å². The van der Waals surface area contributed by atoms with Gasteiger partial charge in [0.25, 0.3) is 0 Å². The van der Waals surface area contributed by atoms with Gasteiger partial charge in [-0.25, -0.2) is 0 Å². The number of fused-ring (bicyclic) bond motifs is 1. The highest BCUT2D eigenvalue weighted by Gasteiger charge is 2.29. The van der Waals surface area contributed by atoms with Gasteiger partial charge in [-0.3, -0.25) is 15.2 Å². The van der Waals surface area contributed by atoms with Gasteiger partial charge in [-0.15, -0.1) is 0 Å². The Bertz CT molecular complexity index is 1220. The van der Waals surface area contributed by atoms with Crippen molar-refractivity contribution >= 4 is 17.3 Å². The van der Waals surface area contributed by atoms with Gasteiger partial charge in [0.15, 0.2) is 11.5 Å². The fraction of sp³-hybridized carbons (Fsp3) is 0.222. The van der Waals surface area contributed by atoms with E-state index in [-0.39, 0.29) is 11.3 Å². The second-order valence-corrected chi connectivity index (χ2v) is 8.45. The molecule has 0 fully saturated rings. The summed E-state index contributed by atoms with van der Waals surface area (Å²) in [6.45, 7) is 4.12. The number of hydrogen-bond acceptors (Lipinski definition) is 6. The smallest absolute Gasteiger partial charge is 0.213 e. The summed E-state index contributed by atoms with van der Waals surface area (Å²) in [5.74, 6) is 1.69. The second-order valence-electron chi connectivity index (χ2n) is 8.45. The first-order valence-corrected chi connectivity index (χ1v) is 10.8. The molecule has 0 aromatic heterocycles. The van der Waals surface area contributed by atoms with Gasteiger partial charge in [0.2, 0.25) is 5.78 Å². The minimum Gasteiger partial charge on any atom is -0.493 e. The highest BCUT2D eigenvalue weighted by atomic mass is 16.5. The number of nitrogens with zero attached hydrogens (tertiary/aromatic N) is 2. The second kappa shape index (κ2) is 9.28. The van der Waals surface area contributed by atoms with E-state index in [9.17, 15) is 4.79 Å². The van der Waals surface area contributed by atoms with E-state index in [1.165, 1.54) is 0 Å². The van der Waals surface area contributed by atoms with Crippen LogP contribution in [0.1, 0.15) is 40.9 Å². The molecule has 0 bridgehead atoms. The third-order valence-electron chi connectivity index (χ3n) is 5.47. The number of ether oxygens (including phenoxy) is 2. The van der Waals surface area contributed by atoms with Crippen LogP contribution in [0.4, 0.5) is 0 Å². The number of Topliss-reactive ketones (excluding diaryl/α,β-unsaturated/α-hetero) is 1. The van der Waals surface area contributed by atoms with Crippen molar-refractivity contribution in [2.75, 3.05) is 14.2 Å². The molecule has 0 spiro atoms. The molecule has 1 aliphatic heterocycles. The monoisotopic (exact) mass is 441 g/mol. The van der Waals surface area contributed by atoms with Crippen molar-refractivity contribution in [3.05, 3.63) is 95.1 Å². The largest absolute Gasteiger partial charge is 0.493 e. The Balaban J connectivity index is 1.77. The van der Waals surface area contributed by atoms with Gasteiger partial charge in [-0.05, 0) is 38.0 Å². The average molecular weight is 442 g/mol. The highest BCUT2D eigenvalue weighted by Crippen LogP contribution is 2.35. The maximum Gasteiger partial charge on any atom is 0.213 e. The number of carbonyl (C=O) groups excluding carboxylic acids is 1. The number of hydrazone groups is 1. The van der Waals surface area contributed by atoms with Crippen LogP contribution in [-0.4, -0.2) is 37.1 Å². The summed E-state index contributed by atoms with van der Waals surface area (Å²) in [6, 6.07) is 22.4. The molecule has 0 atom stereocenters. The number of aliphatic imine (C=N–C) groups is 1. The van der Waals surface area contributed by atoms with E-state index >= 15 is 0 Å². The van der Waals surface area contributed by atoms with E-state index in [2.05, 4.69) is 24.4 Å². The molecule has 1 N–H and O–H groups in total. The minimum atomic E-state index is -0.346. The number of amidine groups is 1. The summed E-state index contributed by atoms with van der Waals surface area (Å²) in [5, 5.41) is 4.57. The Hall–Kier alpha value is -3.93. The van der Waals surface area contributed by atoms with E-state index in [4.69, 9.17) is 14.5 Å². The lowest BCUT2D eigenvalue weighted by molar-refractivity contribution is 0.106. The number of hydrogen-bond donors (Lipinski definition) is 1. The van der Waals surface area contributed by atoms with Crippen molar-refractivity contribution in [1.29, 1.82) is 0 Å². The maximum atomic E-state index is 13.3. The van der Waals surface area contributed by atoms with Crippen LogP contribution in [-0.2, 0) is 6.42 Å². The SMILES string of the molecule is COc1cc2c(cc1OC)C(N/N=C(\C(=O)c1ccccc1)c1ccccc1)=NC(C)(C)C2. The summed E-state index contributed by atoms with van der Waals surface area (Å²) >= 11 is 0. The number of ketones is 1. The Morgan fingerprint density at radius 3 is 2.09 bits per heavy atom. The van der Waals surface area contributed by atoms with E-state index in [1.54, 1.807) is 26.4 Å². The quantitative estimate of drug-likeness (QED) is 0.343. The maximum absolute atomic E-state index is 13.3. The van der Waals surface area contributed by atoms with Crippen LogP contribution in [0.2, 0.25) is 0 Å². The standard InChI is InChI=1S/C27H27N3O3/c1-27(2)17-20-15-22(32-3)23(33-4)16-21(20)26(28-27)30-29-24(18-11-7-5-8-12-18)25(31)19-13-9-6-10-14-19/h5-16H,17H2,1-4H3,(H,28,30)/b29-24-. The van der Waals surface area contributed by atoms with Crippen molar-refractivity contribution in [2.45, 2.75) is 25.8 Å². The predicted octanol–water partition coefficient (Wildman–Crippen LogP) is 4.66. The van der Waals surface area contributed by atoms with Crippen molar-refractivity contribution in [2.24, 2.45) is 10.1 Å². The molecule has 6 heteroatoms. The van der Waals surface area contributed by atoms with Gasteiger partial charge in [-0.2, -0.15) is 5.10 Å². The van der Waals surface area contributed by atoms with Crippen molar-refractivity contribution in [3.63, 3.8) is 0 Å². The number of rotatable bonds is 6. The lowest BCUT2D eigenvalue weighted by Crippen LogP contribution is -2.35. The zero-order valence-electron chi connectivity index (χ0n) is 19.3. The third-order valence-corrected chi connectivity index (χ3v) is 5.47. The van der Waals surface area contributed by atoms with Crippen LogP contribution in [0.5, 0.6) is 11.5 Å². The molecule has 1 aliphatic rings. The van der Waals surface area contributed by atoms with Crippen LogP contribution < -0.4 is 14.9 Å². The van der Waals surface area contributed by atoms with Gasteiger partial charge in [0.1, 0.15) is 11.5 Å². The molecule has 6 nitrogen and oxygen atoms in total. The summed E-state index contributed by atoms with van der Waals surface area (Å²) in [5.41, 5.74) is 6.29. The van der Waals surface area contributed by atoms with E-state index in [0.717, 1.165) is 23.1 Å². The van der Waals surface area contributed by atoms with Crippen molar-refractivity contribution in [3.8, 4) is 11.5 Å². The van der Waals surface area contributed by atoms with Gasteiger partial charge in [-0.1, -0.05) is 60.7 Å². The van der Waals surface area contributed by atoms with Crippen LogP contribution in [0.3, 0.4) is 0 Å². The zero-order chi connectivity index (χ0) is 23.4. The molecule has 0 saturated carbocycles. The molecule has 4 rings (SSSR count). The Morgan fingerprint density at radius 1 is 0.909 bits per heavy atom. The number of nitrogens with one attached hydrogen (secondary N) is 1. The molecule has 3 aromatic rings. The summed E-state index contributed by atoms with van der Waals surface area (Å²) in [4.78, 5) is 18.2. The molecular weight excluding hydrogens is 414 g/mol. The minimum absolute atomic E-state index is 0.169. The molecule has 3 aromatic carbocycles. The van der Waals surface area contributed by atoms with Crippen LogP contribution >= 0.6 is 0 Å². The molecular formula is C27H27N3O3. The van der Waals surface area contributed by atoms with Gasteiger partial charge in [0.05, 0.1) is 19.8 Å². The first-order chi connectivity index (χ1) is 15.9. The number of methoxy groups -OCH3 is 2. The lowest BCUT2D eigenvalue weighted by Gasteiger charge is -2.29. The summed E-state index contributed by atoms with van der Waals surface area (Å²) < 4.78 is 11.0. The molecule has 0 radical (unpaired) electrons. The summed E-state index contributed by atoms with van der Waals surface area (Å²) in [7, 11) is 3.22. The molecule has 0 amide bonds.